The number of fused-ring (bicyclic) bond motifs is 1. The summed E-state index contributed by atoms with van der Waals surface area (Å²) in [5, 5.41) is 8.76. The number of nitrogens with two attached hydrogens (primary N) is 1. The quantitative estimate of drug-likeness (QED) is 0.598. The average Bonchev–Trinajstić information content (AvgIpc) is 2.48. The summed E-state index contributed by atoms with van der Waals surface area (Å²) in [5.41, 5.74) is 9.51. The molecular formula is C10H11N3. The highest BCUT2D eigenvalue weighted by molar-refractivity contribution is 5.70. The summed E-state index contributed by atoms with van der Waals surface area (Å²) in [5.74, 6) is 0. The Morgan fingerprint density at radius 1 is 1.54 bits per heavy atom. The van der Waals surface area contributed by atoms with Crippen molar-refractivity contribution in [3.63, 3.8) is 0 Å². The van der Waals surface area contributed by atoms with E-state index in [0.29, 0.717) is 5.56 Å². The molecule has 0 aromatic heterocycles. The van der Waals surface area contributed by atoms with Crippen LogP contribution in [0.25, 0.3) is 0 Å². The molecule has 66 valence electrons. The van der Waals surface area contributed by atoms with Gasteiger partial charge in [0.2, 0.25) is 0 Å². The second kappa shape index (κ2) is 2.67. The van der Waals surface area contributed by atoms with Crippen LogP contribution in [0.3, 0.4) is 0 Å². The highest BCUT2D eigenvalue weighted by Gasteiger charge is 2.18. The molecule has 2 rings (SSSR count). The predicted molar refractivity (Wildman–Crippen MR) is 52.5 cm³/mol. The van der Waals surface area contributed by atoms with Gasteiger partial charge in [0.25, 0.3) is 0 Å². The van der Waals surface area contributed by atoms with Gasteiger partial charge in [-0.15, -0.1) is 0 Å². The van der Waals surface area contributed by atoms with Crippen LogP contribution in [-0.4, -0.2) is 13.6 Å². The first kappa shape index (κ1) is 7.93. The summed E-state index contributed by atoms with van der Waals surface area (Å²) in [6, 6.07) is 5.76. The molecule has 0 radical (unpaired) electrons. The molecule has 0 atom stereocenters. The summed E-state index contributed by atoms with van der Waals surface area (Å²) < 4.78 is 0. The Kier molecular flexibility index (Phi) is 1.63. The molecule has 0 unspecified atom stereocenters. The van der Waals surface area contributed by atoms with Crippen LogP contribution in [0.5, 0.6) is 0 Å². The van der Waals surface area contributed by atoms with Crippen molar-refractivity contribution in [2.24, 2.45) is 0 Å². The standard InChI is InChI=1S/C10H11N3/c1-13-3-2-8-9(12)4-7(6-11)5-10(8)13/h4-5H,2-3,12H2,1H3. The Morgan fingerprint density at radius 3 is 3.00 bits per heavy atom. The van der Waals surface area contributed by atoms with Gasteiger partial charge in [-0.1, -0.05) is 0 Å². The molecule has 1 aromatic rings. The molecule has 2 N–H and O–H groups in total. The number of nitriles is 1. The van der Waals surface area contributed by atoms with Gasteiger partial charge in [0.15, 0.2) is 0 Å². The van der Waals surface area contributed by atoms with E-state index in [0.717, 1.165) is 24.3 Å². The normalized spacial score (nSPS) is 14.0. The highest BCUT2D eigenvalue weighted by Crippen LogP contribution is 2.32. The van der Waals surface area contributed by atoms with Crippen molar-refractivity contribution in [2.75, 3.05) is 24.2 Å². The van der Waals surface area contributed by atoms with E-state index in [1.165, 1.54) is 5.56 Å². The SMILES string of the molecule is CN1CCc2c(N)cc(C#N)cc21. The maximum atomic E-state index is 8.76. The van der Waals surface area contributed by atoms with E-state index in [1.54, 1.807) is 6.07 Å². The van der Waals surface area contributed by atoms with E-state index in [2.05, 4.69) is 11.0 Å². The molecule has 1 aliphatic heterocycles. The summed E-state index contributed by atoms with van der Waals surface area (Å²) in [7, 11) is 2.02. The van der Waals surface area contributed by atoms with E-state index >= 15 is 0 Å². The first-order chi connectivity index (χ1) is 6.22. The number of rotatable bonds is 0. The summed E-state index contributed by atoms with van der Waals surface area (Å²) >= 11 is 0. The van der Waals surface area contributed by atoms with Crippen LogP contribution in [0.4, 0.5) is 11.4 Å². The number of hydrogen-bond acceptors (Lipinski definition) is 3. The zero-order valence-electron chi connectivity index (χ0n) is 7.54. The van der Waals surface area contributed by atoms with Gasteiger partial charge in [-0.25, -0.2) is 0 Å². The summed E-state index contributed by atoms with van der Waals surface area (Å²) in [6.07, 6.45) is 0.989. The van der Waals surface area contributed by atoms with Gasteiger partial charge in [-0.05, 0) is 18.6 Å². The number of nitrogens with zero attached hydrogens (tertiary/aromatic N) is 2. The van der Waals surface area contributed by atoms with Crippen molar-refractivity contribution >= 4 is 11.4 Å². The molecule has 0 saturated heterocycles. The van der Waals surface area contributed by atoms with Gasteiger partial charge in [-0.3, -0.25) is 0 Å². The molecule has 1 aromatic carbocycles. The van der Waals surface area contributed by atoms with Gasteiger partial charge >= 0.3 is 0 Å². The minimum absolute atomic E-state index is 0.644. The average molecular weight is 173 g/mol. The van der Waals surface area contributed by atoms with E-state index in [1.807, 2.05) is 13.1 Å². The van der Waals surface area contributed by atoms with Gasteiger partial charge < -0.3 is 10.6 Å². The van der Waals surface area contributed by atoms with E-state index < -0.39 is 0 Å². The molecule has 0 aliphatic carbocycles. The zero-order chi connectivity index (χ0) is 9.42. The van der Waals surface area contributed by atoms with Crippen molar-refractivity contribution in [3.05, 3.63) is 23.3 Å². The topological polar surface area (TPSA) is 53.0 Å². The Morgan fingerprint density at radius 2 is 2.31 bits per heavy atom. The fourth-order valence-electron chi connectivity index (χ4n) is 1.76. The Hall–Kier alpha value is -1.69. The number of nitrogen functional groups attached to an aromatic ring is 1. The molecule has 0 spiro atoms. The Labute approximate surface area is 77.4 Å². The van der Waals surface area contributed by atoms with E-state index in [-0.39, 0.29) is 0 Å². The van der Waals surface area contributed by atoms with Crippen molar-refractivity contribution < 1.29 is 0 Å². The van der Waals surface area contributed by atoms with Crippen LogP contribution in [0, 0.1) is 11.3 Å². The molecule has 0 saturated carbocycles. The minimum atomic E-state index is 0.644. The molecule has 3 nitrogen and oxygen atoms in total. The lowest BCUT2D eigenvalue weighted by molar-refractivity contribution is 0.956. The van der Waals surface area contributed by atoms with Gasteiger partial charge in [0, 0.05) is 30.5 Å². The van der Waals surface area contributed by atoms with Crippen molar-refractivity contribution in [2.45, 2.75) is 6.42 Å². The second-order valence-electron chi connectivity index (χ2n) is 3.35. The first-order valence-electron chi connectivity index (χ1n) is 4.26. The Balaban J connectivity index is 2.61. The van der Waals surface area contributed by atoms with E-state index in [9.17, 15) is 0 Å². The van der Waals surface area contributed by atoms with Crippen LogP contribution in [-0.2, 0) is 6.42 Å². The number of benzene rings is 1. The lowest BCUT2D eigenvalue weighted by Gasteiger charge is -2.12. The fourth-order valence-corrected chi connectivity index (χ4v) is 1.76. The predicted octanol–water partition coefficient (Wildman–Crippen LogP) is 1.13. The summed E-state index contributed by atoms with van der Waals surface area (Å²) in [6.45, 7) is 0.994. The van der Waals surface area contributed by atoms with Crippen LogP contribution < -0.4 is 10.6 Å². The van der Waals surface area contributed by atoms with Gasteiger partial charge in [-0.2, -0.15) is 5.26 Å². The lowest BCUT2D eigenvalue weighted by atomic mass is 10.1. The van der Waals surface area contributed by atoms with Gasteiger partial charge in [0.05, 0.1) is 11.6 Å². The van der Waals surface area contributed by atoms with Crippen LogP contribution in [0.2, 0.25) is 0 Å². The third kappa shape index (κ3) is 1.11. The second-order valence-corrected chi connectivity index (χ2v) is 3.35. The van der Waals surface area contributed by atoms with Crippen LogP contribution in [0.15, 0.2) is 12.1 Å². The molecule has 0 amide bonds. The number of likely N-dealkylation sites (N-methyl/N-ethyl adjacent to an activating group) is 1. The van der Waals surface area contributed by atoms with E-state index in [4.69, 9.17) is 11.0 Å². The maximum absolute atomic E-state index is 8.76. The monoisotopic (exact) mass is 173 g/mol. The minimum Gasteiger partial charge on any atom is -0.398 e. The summed E-state index contributed by atoms with van der Waals surface area (Å²) in [4.78, 5) is 2.13. The smallest absolute Gasteiger partial charge is 0.0993 e. The number of anilines is 2. The van der Waals surface area contributed by atoms with Crippen LogP contribution >= 0.6 is 0 Å². The zero-order valence-corrected chi connectivity index (χ0v) is 7.54. The van der Waals surface area contributed by atoms with Gasteiger partial charge in [0.1, 0.15) is 0 Å². The molecule has 3 heteroatoms. The lowest BCUT2D eigenvalue weighted by Crippen LogP contribution is -2.12. The third-order valence-corrected chi connectivity index (χ3v) is 2.50. The maximum Gasteiger partial charge on any atom is 0.0993 e. The highest BCUT2D eigenvalue weighted by atomic mass is 15.1. The largest absolute Gasteiger partial charge is 0.398 e. The van der Waals surface area contributed by atoms with Crippen molar-refractivity contribution in [1.82, 2.24) is 0 Å². The molecule has 0 fully saturated rings. The molecule has 1 aliphatic rings. The molecule has 0 bridgehead atoms. The van der Waals surface area contributed by atoms with Crippen molar-refractivity contribution in [3.8, 4) is 6.07 Å². The number of hydrogen-bond donors (Lipinski definition) is 1. The molecule has 1 heterocycles. The first-order valence-corrected chi connectivity index (χ1v) is 4.26. The van der Waals surface area contributed by atoms with Crippen LogP contribution in [0.1, 0.15) is 11.1 Å². The molecular weight excluding hydrogens is 162 g/mol. The molecule has 13 heavy (non-hydrogen) atoms. The fraction of sp³-hybridized carbons (Fsp3) is 0.300. The van der Waals surface area contributed by atoms with Crippen molar-refractivity contribution in [1.29, 1.82) is 5.26 Å². The third-order valence-electron chi connectivity index (χ3n) is 2.50. The Bertz CT molecular complexity index is 390.